The Kier molecular flexibility index (Phi) is 55.9. The molecule has 0 heterocycles. The topological polar surface area (TPSA) is 107 Å². The Hall–Kier alpha value is -1.95. The second-order valence-electron chi connectivity index (χ2n) is 15.3. The summed E-state index contributed by atoms with van der Waals surface area (Å²) in [6.45, 7) is 15.9. The number of phenols is 2. The molecule has 425 valence electrons. The molecular weight excluding hydrogens is 1270 g/mol. The standard InChI is InChI=1S/C48H40O6S.3C2H5S.3C2H6.2CH4.3CH3.3Y/c1-30-18-36-26-40-22-34(32-12-6-3-7-13-32)23-41(47(40)51)27-37-19-31(2)21-39(46(37)50)29-43-25-35(33-14-8-4-9-15-33)24-42(28-38(20-30)45(36)49)48(43)54-55(52,53)44-16-10-5-11-17-44;3*1-3-2;3*1-2;;;;;;;;/h3-25,49-51H,26-29H2,1-2H3;3*1H2,2H3;3*1-2H3;2*1H4;3*1H3;;;/q;3*-1;;;;;;3*-1;;;/p-1. The van der Waals surface area contributed by atoms with Gasteiger partial charge in [0.2, 0.25) is 0 Å². The molecule has 8 rings (SSSR count). The first-order chi connectivity index (χ1) is 33.8. The molecule has 7 aromatic rings. The molecule has 0 atom stereocenters. The third kappa shape index (κ3) is 27.0. The molecule has 0 unspecified atom stereocenters. The zero-order valence-corrected chi connectivity index (χ0v) is 59.4. The zero-order chi connectivity index (χ0) is 52.4. The molecule has 1 aliphatic rings. The van der Waals surface area contributed by atoms with Crippen molar-refractivity contribution in [2.75, 3.05) is 18.8 Å². The smallest absolute Gasteiger partial charge is 0.339 e. The quantitative estimate of drug-likeness (QED) is 0.129. The van der Waals surface area contributed by atoms with E-state index < -0.39 is 10.1 Å². The molecule has 1 aliphatic carbocycles. The second-order valence-corrected chi connectivity index (χ2v) is 18.5. The maximum absolute atomic E-state index is 14.3. The largest absolute Gasteiger partial charge is 0.872 e. The number of phenolic OH excluding ortho intramolecular Hbond substituents is 2. The minimum absolute atomic E-state index is 0. The second kappa shape index (κ2) is 48.6. The third-order valence-corrected chi connectivity index (χ3v) is 11.5. The Balaban J connectivity index is -0.000000400. The summed E-state index contributed by atoms with van der Waals surface area (Å²) in [5.41, 5.74) is 9.74. The number of aromatic hydroxyl groups is 2. The van der Waals surface area contributed by atoms with Gasteiger partial charge in [-0.05, 0) is 101 Å². The minimum Gasteiger partial charge on any atom is -0.872 e. The van der Waals surface area contributed by atoms with Crippen LogP contribution in [0.3, 0.4) is 0 Å². The number of aryl methyl sites for hydroxylation is 2. The summed E-state index contributed by atoms with van der Waals surface area (Å²) in [6, 6.07) is 42.8. The van der Waals surface area contributed by atoms with Crippen molar-refractivity contribution in [3.63, 3.8) is 0 Å². The van der Waals surface area contributed by atoms with Crippen molar-refractivity contribution in [1.82, 2.24) is 0 Å². The fraction of sp³-hybridized carbons (Fsp3) is 0.262. The molecular formula is C65H89O6S4Y3-7. The van der Waals surface area contributed by atoms with Gasteiger partial charge in [-0.15, -0.1) is 5.75 Å². The first kappa shape index (κ1) is 89.8. The van der Waals surface area contributed by atoms with Crippen molar-refractivity contribution in [3.8, 4) is 45.3 Å². The van der Waals surface area contributed by atoms with Gasteiger partial charge in [0.1, 0.15) is 22.1 Å². The molecule has 0 saturated heterocycles. The van der Waals surface area contributed by atoms with Gasteiger partial charge in [-0.2, -0.15) is 8.42 Å². The molecule has 0 aliphatic heterocycles. The number of fused-ring (bicyclic) bond motifs is 8. The molecule has 3 radical (unpaired) electrons. The van der Waals surface area contributed by atoms with E-state index in [2.05, 4.69) is 18.8 Å². The van der Waals surface area contributed by atoms with E-state index in [1.54, 1.807) is 18.2 Å². The van der Waals surface area contributed by atoms with Gasteiger partial charge in [0, 0.05) is 135 Å². The Morgan fingerprint density at radius 1 is 0.449 bits per heavy atom. The minimum atomic E-state index is -4.30. The predicted molar refractivity (Wildman–Crippen MR) is 338 cm³/mol. The van der Waals surface area contributed by atoms with E-state index in [1.807, 2.05) is 183 Å². The van der Waals surface area contributed by atoms with Gasteiger partial charge >= 0.3 is 10.1 Å². The summed E-state index contributed by atoms with van der Waals surface area (Å²) in [6.07, 6.45) is 16.6. The third-order valence-electron chi connectivity index (χ3n) is 10.3. The van der Waals surface area contributed by atoms with Crippen LogP contribution in [0.2, 0.25) is 0 Å². The van der Waals surface area contributed by atoms with Crippen molar-refractivity contribution < 1.29 is 126 Å². The average Bonchev–Trinajstić information content (AvgIpc) is 3.37. The normalized spacial score (nSPS) is 9.82. The molecule has 0 saturated carbocycles. The van der Waals surface area contributed by atoms with Crippen LogP contribution in [0.4, 0.5) is 0 Å². The number of hydrogen-bond acceptors (Lipinski definition) is 9. The first-order valence-corrected chi connectivity index (χ1v) is 28.9. The van der Waals surface area contributed by atoms with Crippen LogP contribution in [0.5, 0.6) is 23.0 Å². The number of benzene rings is 7. The van der Waals surface area contributed by atoms with Crippen LogP contribution in [-0.4, -0.2) is 37.4 Å². The van der Waals surface area contributed by atoms with E-state index in [-0.39, 0.29) is 189 Å². The maximum Gasteiger partial charge on any atom is 0.339 e. The molecule has 0 aromatic heterocycles. The van der Waals surface area contributed by atoms with E-state index in [0.29, 0.717) is 44.5 Å². The fourth-order valence-corrected chi connectivity index (χ4v) is 8.73. The average molecular weight is 1360 g/mol. The maximum atomic E-state index is 14.3. The molecule has 13 heteroatoms. The van der Waals surface area contributed by atoms with Gasteiger partial charge in [0.05, 0.1) is 0 Å². The molecule has 0 spiro atoms. The fourth-order valence-electron chi connectivity index (χ4n) is 7.71. The van der Waals surface area contributed by atoms with E-state index in [0.717, 1.165) is 33.4 Å². The van der Waals surface area contributed by atoms with Crippen molar-refractivity contribution in [1.29, 1.82) is 0 Å². The van der Waals surface area contributed by atoms with E-state index in [9.17, 15) is 23.7 Å². The van der Waals surface area contributed by atoms with Crippen molar-refractivity contribution in [2.45, 2.75) is 101 Å². The van der Waals surface area contributed by atoms with Gasteiger partial charge in [-0.1, -0.05) is 194 Å². The van der Waals surface area contributed by atoms with E-state index in [1.165, 1.54) is 47.4 Å². The molecule has 0 amide bonds. The summed E-state index contributed by atoms with van der Waals surface area (Å²) < 4.78 is 34.1. The predicted octanol–water partition coefficient (Wildman–Crippen LogP) is 18.7. The van der Waals surface area contributed by atoms with Crippen molar-refractivity contribution in [2.24, 2.45) is 0 Å². The van der Waals surface area contributed by atoms with Crippen LogP contribution in [0, 0.1) is 54.9 Å². The summed E-state index contributed by atoms with van der Waals surface area (Å²) >= 11 is 4.50. The Morgan fingerprint density at radius 2 is 0.692 bits per heavy atom. The van der Waals surface area contributed by atoms with Gasteiger partial charge in [0.15, 0.2) is 0 Å². The summed E-state index contributed by atoms with van der Waals surface area (Å²) in [4.78, 5) is 0.00647. The summed E-state index contributed by atoms with van der Waals surface area (Å²) in [5.74, 6) is 0.0628. The Bertz CT molecular complexity index is 2650. The number of hydrogen-bond donors (Lipinski definition) is 2. The van der Waals surface area contributed by atoms with E-state index in [4.69, 9.17) is 4.18 Å². The van der Waals surface area contributed by atoms with E-state index >= 15 is 0 Å². The number of thioether (sulfide) groups is 3. The van der Waals surface area contributed by atoms with Crippen LogP contribution in [0.15, 0.2) is 144 Å². The van der Waals surface area contributed by atoms with Crippen LogP contribution >= 0.6 is 35.3 Å². The summed E-state index contributed by atoms with van der Waals surface area (Å²) in [7, 11) is -4.30. The first-order valence-electron chi connectivity index (χ1n) is 23.3. The van der Waals surface area contributed by atoms with Crippen LogP contribution in [0.1, 0.15) is 112 Å². The number of rotatable bonds is 5. The van der Waals surface area contributed by atoms with Crippen molar-refractivity contribution >= 4 is 45.4 Å². The van der Waals surface area contributed by atoms with Crippen molar-refractivity contribution in [3.05, 3.63) is 236 Å². The zero-order valence-electron chi connectivity index (χ0n) is 47.6. The molecule has 78 heavy (non-hydrogen) atoms. The summed E-state index contributed by atoms with van der Waals surface area (Å²) in [5, 5.41) is 38.3. The molecule has 8 bridgehead atoms. The van der Waals surface area contributed by atoms with Crippen LogP contribution < -0.4 is 9.29 Å². The molecule has 0 fully saturated rings. The Labute approximate surface area is 565 Å². The molecule has 6 nitrogen and oxygen atoms in total. The van der Waals surface area contributed by atoms with Gasteiger partial charge < -0.3 is 77.1 Å². The van der Waals surface area contributed by atoms with Gasteiger partial charge in [-0.3, -0.25) is 18.8 Å². The van der Waals surface area contributed by atoms with Crippen LogP contribution in [-0.2, 0) is 134 Å². The molecule has 7 aromatic carbocycles. The molecule has 2 N–H and O–H groups in total. The Morgan fingerprint density at radius 3 is 0.974 bits per heavy atom. The van der Waals surface area contributed by atoms with Gasteiger partial charge in [-0.25, -0.2) is 0 Å². The van der Waals surface area contributed by atoms with Crippen LogP contribution in [0.25, 0.3) is 22.3 Å². The SMILES string of the molecule is C.C.CC.CC.CC.Cc1cc2c(O)c(c1)Cc1cc(-c3ccccc3)cc(c1OS(=O)(=O)c1ccccc1)Cc1cc(C)cc(c1O)Cc1cc(-c3ccccc3)cc(c1[O-])C2.[CH2-]SC.[CH2-]SC.[CH2-]SC.[CH3-].[CH3-].[CH3-].[Y].[Y].[Y]. The van der Waals surface area contributed by atoms with Gasteiger partial charge in [0.25, 0.3) is 0 Å². The monoisotopic (exact) mass is 1360 g/mol.